The van der Waals surface area contributed by atoms with Gasteiger partial charge in [0.1, 0.15) is 4.92 Å². The lowest BCUT2D eigenvalue weighted by molar-refractivity contribution is -0.402. The molecule has 2 aromatic rings. The third kappa shape index (κ3) is 5.55. The second kappa shape index (κ2) is 8.56. The molecule has 2 rings (SSSR count). The van der Waals surface area contributed by atoms with Crippen LogP contribution in [0.5, 0.6) is 0 Å². The highest BCUT2D eigenvalue weighted by Crippen LogP contribution is 2.16. The summed E-state index contributed by atoms with van der Waals surface area (Å²) >= 11 is 0. The van der Waals surface area contributed by atoms with Crippen LogP contribution in [0.4, 0.5) is 11.6 Å². The highest BCUT2D eigenvalue weighted by molar-refractivity contribution is 5.94. The average Bonchev–Trinajstić information content (AvgIpc) is 3.05. The van der Waals surface area contributed by atoms with Crippen molar-refractivity contribution in [3.63, 3.8) is 0 Å². The predicted molar refractivity (Wildman–Crippen MR) is 94.9 cm³/mol. The van der Waals surface area contributed by atoms with Crippen LogP contribution in [0, 0.1) is 24.0 Å². The first-order valence-electron chi connectivity index (χ1n) is 7.78. The van der Waals surface area contributed by atoms with Crippen molar-refractivity contribution in [2.75, 3.05) is 5.32 Å². The number of nitro groups is 1. The minimum absolute atomic E-state index is 0.000951. The number of amides is 2. The summed E-state index contributed by atoms with van der Waals surface area (Å²) in [5.74, 6) is -1.02. The van der Waals surface area contributed by atoms with Gasteiger partial charge in [-0.25, -0.2) is 5.43 Å². The number of nitrogens with zero attached hydrogens (tertiary/aromatic N) is 2. The molecule has 0 unspecified atom stereocenters. The Labute approximate surface area is 149 Å². The molecule has 0 aliphatic rings. The topological polar surface area (TPSA) is 127 Å². The molecule has 1 heterocycles. The van der Waals surface area contributed by atoms with Crippen molar-refractivity contribution < 1.29 is 18.9 Å². The quantitative estimate of drug-likeness (QED) is 0.447. The second-order valence-electron chi connectivity index (χ2n) is 5.59. The molecule has 9 nitrogen and oxygen atoms in total. The van der Waals surface area contributed by atoms with Gasteiger partial charge in [0.25, 0.3) is 0 Å². The number of hydrogen-bond acceptors (Lipinski definition) is 6. The highest BCUT2D eigenvalue weighted by atomic mass is 16.6. The molecule has 9 heteroatoms. The lowest BCUT2D eigenvalue weighted by atomic mass is 10.1. The first-order valence-corrected chi connectivity index (χ1v) is 7.78. The Balaban J connectivity index is 1.77. The summed E-state index contributed by atoms with van der Waals surface area (Å²) in [6.45, 7) is 3.81. The summed E-state index contributed by atoms with van der Waals surface area (Å²) < 4.78 is 4.85. The van der Waals surface area contributed by atoms with E-state index < -0.39 is 16.7 Å². The number of hydrogen-bond donors (Lipinski definition) is 2. The normalized spacial score (nSPS) is 10.7. The zero-order chi connectivity index (χ0) is 19.1. The first kappa shape index (κ1) is 18.8. The molecule has 26 heavy (non-hydrogen) atoms. The van der Waals surface area contributed by atoms with Gasteiger partial charge in [0.05, 0.1) is 12.3 Å². The molecule has 1 aromatic heterocycles. The zero-order valence-corrected chi connectivity index (χ0v) is 14.3. The lowest BCUT2D eigenvalue weighted by Crippen LogP contribution is -2.20. The van der Waals surface area contributed by atoms with Gasteiger partial charge in [-0.15, -0.1) is 0 Å². The van der Waals surface area contributed by atoms with Gasteiger partial charge < -0.3 is 9.73 Å². The third-order valence-electron chi connectivity index (χ3n) is 3.42. The van der Waals surface area contributed by atoms with Crippen LogP contribution < -0.4 is 10.7 Å². The molecule has 0 aliphatic carbocycles. The molecule has 0 atom stereocenters. The molecule has 0 spiro atoms. The van der Waals surface area contributed by atoms with Gasteiger partial charge in [0, 0.05) is 18.5 Å². The number of nitrogens with one attached hydrogen (secondary N) is 2. The van der Waals surface area contributed by atoms with Crippen LogP contribution in [0.1, 0.15) is 29.7 Å². The van der Waals surface area contributed by atoms with Crippen molar-refractivity contribution in [3.05, 3.63) is 57.3 Å². The fourth-order valence-corrected chi connectivity index (χ4v) is 2.04. The standard InChI is InChI=1S/C17H18N4O5/c1-11-3-4-12(2)14(9-11)19-15(22)6-7-16(23)20-18-10-13-5-8-17(26-13)21(24)25/h3-5,8-10H,6-7H2,1-2H3,(H,19,22)(H,20,23). The molecule has 0 aliphatic heterocycles. The van der Waals surface area contributed by atoms with E-state index in [1.165, 1.54) is 12.1 Å². The smallest absolute Gasteiger partial charge is 0.400 e. The number of carbonyl (C=O) groups excluding carboxylic acids is 2. The lowest BCUT2D eigenvalue weighted by Gasteiger charge is -2.09. The highest BCUT2D eigenvalue weighted by Gasteiger charge is 2.11. The van der Waals surface area contributed by atoms with Crippen LogP contribution in [0.15, 0.2) is 39.9 Å². The van der Waals surface area contributed by atoms with Gasteiger partial charge >= 0.3 is 5.88 Å². The number of anilines is 1. The maximum Gasteiger partial charge on any atom is 0.433 e. The minimum Gasteiger partial charge on any atom is -0.400 e. The second-order valence-corrected chi connectivity index (χ2v) is 5.59. The molecular formula is C17H18N4O5. The third-order valence-corrected chi connectivity index (χ3v) is 3.42. The van der Waals surface area contributed by atoms with E-state index in [1.54, 1.807) is 0 Å². The Morgan fingerprint density at radius 2 is 1.92 bits per heavy atom. The van der Waals surface area contributed by atoms with Crippen molar-refractivity contribution in [2.45, 2.75) is 26.7 Å². The van der Waals surface area contributed by atoms with Crippen molar-refractivity contribution >= 4 is 29.6 Å². The van der Waals surface area contributed by atoms with E-state index in [9.17, 15) is 19.7 Å². The van der Waals surface area contributed by atoms with Crippen molar-refractivity contribution in [2.24, 2.45) is 5.10 Å². The van der Waals surface area contributed by atoms with Crippen LogP contribution in [0.3, 0.4) is 0 Å². The Hall–Kier alpha value is -3.49. The van der Waals surface area contributed by atoms with Crippen LogP contribution >= 0.6 is 0 Å². The van der Waals surface area contributed by atoms with Gasteiger partial charge in [-0.05, 0) is 37.1 Å². The van der Waals surface area contributed by atoms with Crippen LogP contribution in [0.25, 0.3) is 0 Å². The molecule has 2 N–H and O–H groups in total. The molecule has 0 bridgehead atoms. The molecule has 0 saturated heterocycles. The maximum atomic E-state index is 11.9. The van der Waals surface area contributed by atoms with Crippen molar-refractivity contribution in [1.82, 2.24) is 5.43 Å². The van der Waals surface area contributed by atoms with Crippen LogP contribution in [0.2, 0.25) is 0 Å². The van der Waals surface area contributed by atoms with Gasteiger partial charge in [-0.1, -0.05) is 12.1 Å². The number of benzene rings is 1. The molecule has 1 aromatic carbocycles. The van der Waals surface area contributed by atoms with Crippen LogP contribution in [-0.4, -0.2) is 23.0 Å². The molecule has 0 fully saturated rings. The number of furan rings is 1. The fourth-order valence-electron chi connectivity index (χ4n) is 2.04. The van der Waals surface area contributed by atoms with Gasteiger partial charge in [-0.3, -0.25) is 19.7 Å². The Kier molecular flexibility index (Phi) is 6.20. The summed E-state index contributed by atoms with van der Waals surface area (Å²) in [6.07, 6.45) is 1.09. The van der Waals surface area contributed by atoms with Crippen molar-refractivity contribution in [1.29, 1.82) is 0 Å². The van der Waals surface area contributed by atoms with Gasteiger partial charge in [0.2, 0.25) is 11.8 Å². The van der Waals surface area contributed by atoms with Crippen molar-refractivity contribution in [3.8, 4) is 0 Å². The Morgan fingerprint density at radius 3 is 2.62 bits per heavy atom. The summed E-state index contributed by atoms with van der Waals surface area (Å²) in [5, 5.41) is 16.9. The molecular weight excluding hydrogens is 340 g/mol. The van der Waals surface area contributed by atoms with E-state index in [0.29, 0.717) is 5.69 Å². The van der Waals surface area contributed by atoms with E-state index >= 15 is 0 Å². The fraction of sp³-hybridized carbons (Fsp3) is 0.235. The van der Waals surface area contributed by atoms with E-state index in [1.807, 2.05) is 32.0 Å². The SMILES string of the molecule is Cc1ccc(C)c(NC(=O)CCC(=O)NN=Cc2ccc([N+](=O)[O-])o2)c1. The van der Waals surface area contributed by atoms with E-state index in [4.69, 9.17) is 4.42 Å². The van der Waals surface area contributed by atoms with Gasteiger partial charge in [-0.2, -0.15) is 5.10 Å². The summed E-state index contributed by atoms with van der Waals surface area (Å²) in [5.41, 5.74) is 4.91. The summed E-state index contributed by atoms with van der Waals surface area (Å²) in [6, 6.07) is 8.25. The Bertz CT molecular complexity index is 857. The molecule has 2 amide bonds. The largest absolute Gasteiger partial charge is 0.433 e. The number of aryl methyl sites for hydroxylation is 2. The molecule has 136 valence electrons. The monoisotopic (exact) mass is 358 g/mol. The van der Waals surface area contributed by atoms with E-state index in [0.717, 1.165) is 17.3 Å². The summed E-state index contributed by atoms with van der Waals surface area (Å²) in [4.78, 5) is 33.4. The number of rotatable bonds is 7. The zero-order valence-electron chi connectivity index (χ0n) is 14.3. The summed E-state index contributed by atoms with van der Waals surface area (Å²) in [7, 11) is 0. The Morgan fingerprint density at radius 1 is 1.19 bits per heavy atom. The predicted octanol–water partition coefficient (Wildman–Crippen LogP) is 2.67. The molecule has 0 saturated carbocycles. The number of carbonyl (C=O) groups is 2. The maximum absolute atomic E-state index is 11.9. The van der Waals surface area contributed by atoms with E-state index in [2.05, 4.69) is 15.8 Å². The van der Waals surface area contributed by atoms with E-state index in [-0.39, 0.29) is 24.5 Å². The minimum atomic E-state index is -0.676. The van der Waals surface area contributed by atoms with Gasteiger partial charge in [0.15, 0.2) is 5.76 Å². The first-order chi connectivity index (χ1) is 12.3. The average molecular weight is 358 g/mol. The number of hydrazone groups is 1. The molecule has 0 radical (unpaired) electrons. The van der Waals surface area contributed by atoms with Crippen LogP contribution in [-0.2, 0) is 9.59 Å².